The van der Waals surface area contributed by atoms with Crippen molar-refractivity contribution < 1.29 is 14.5 Å². The van der Waals surface area contributed by atoms with Gasteiger partial charge in [-0.2, -0.15) is 0 Å². The van der Waals surface area contributed by atoms with Gasteiger partial charge in [-0.25, -0.2) is 4.99 Å². The summed E-state index contributed by atoms with van der Waals surface area (Å²) in [6.45, 7) is 16.7. The summed E-state index contributed by atoms with van der Waals surface area (Å²) in [7, 11) is 1.00. The van der Waals surface area contributed by atoms with Gasteiger partial charge in [0, 0.05) is 58.3 Å². The third-order valence-electron chi connectivity index (χ3n) is 7.63. The lowest BCUT2D eigenvalue weighted by molar-refractivity contribution is -0.403. The van der Waals surface area contributed by atoms with Gasteiger partial charge in [0.05, 0.1) is 6.07 Å². The average Bonchev–Trinajstić information content (AvgIpc) is 2.99. The number of aliphatic hydroxyl groups is 1. The number of nitrogens with one attached hydrogen (secondary N) is 2. The predicted molar refractivity (Wildman–Crippen MR) is 177 cm³/mol. The molecule has 3 N–H and O–H groups in total. The summed E-state index contributed by atoms with van der Waals surface area (Å²) in [5, 5.41) is 12.7. The van der Waals surface area contributed by atoms with E-state index < -0.39 is 0 Å². The molecule has 0 spiro atoms. The summed E-state index contributed by atoms with van der Waals surface area (Å²) >= 11 is 0. The maximum absolute atomic E-state index is 7.00. The van der Waals surface area contributed by atoms with Gasteiger partial charge in [0.25, 0.3) is 0 Å². The number of hydrogen-bond acceptors (Lipinski definition) is 3. The number of para-hydroxylation sites is 2. The third-order valence-corrected chi connectivity index (χ3v) is 7.63. The molecule has 0 bridgehead atoms. The van der Waals surface area contributed by atoms with Crippen LogP contribution in [0, 0.1) is 27.7 Å². The molecule has 3 aromatic carbocycles. The van der Waals surface area contributed by atoms with E-state index in [9.17, 15) is 0 Å². The zero-order chi connectivity index (χ0) is 30.4. The molecule has 5 rings (SSSR count). The van der Waals surface area contributed by atoms with Crippen molar-refractivity contribution in [3.05, 3.63) is 136 Å². The van der Waals surface area contributed by atoms with E-state index in [4.69, 9.17) is 9.52 Å². The first kappa shape index (κ1) is 30.3. The predicted octanol–water partition coefficient (Wildman–Crippen LogP) is 7.97. The second kappa shape index (κ2) is 13.3. The van der Waals surface area contributed by atoms with Gasteiger partial charge < -0.3 is 14.8 Å². The van der Waals surface area contributed by atoms with Crippen LogP contribution in [0.5, 0.6) is 0 Å². The average molecular weight is 558 g/mol. The van der Waals surface area contributed by atoms with Crippen molar-refractivity contribution in [1.82, 2.24) is 0 Å². The second-order valence-electron chi connectivity index (χ2n) is 10.5. The van der Waals surface area contributed by atoms with E-state index >= 15 is 0 Å². The highest BCUT2D eigenvalue weighted by atomic mass is 16.3. The Bertz CT molecular complexity index is 1810. The number of hydrogen-bond donors (Lipinski definition) is 3. The van der Waals surface area contributed by atoms with E-state index in [-0.39, 0.29) is 0 Å². The van der Waals surface area contributed by atoms with Crippen molar-refractivity contribution in [3.8, 4) is 11.3 Å². The smallest absolute Gasteiger partial charge is 0.209 e. The van der Waals surface area contributed by atoms with Crippen LogP contribution in [-0.4, -0.2) is 12.2 Å². The van der Waals surface area contributed by atoms with Gasteiger partial charge in [-0.1, -0.05) is 61.2 Å². The summed E-state index contributed by atoms with van der Waals surface area (Å²) in [5.74, 6) is 0.821. The normalized spacial score (nSPS) is 12.3. The topological polar surface area (TPSA) is 59.4 Å². The molecular weight excluding hydrogens is 516 g/mol. The molecule has 0 radical (unpaired) electrons. The molecular formula is C38H41N2O2+. The fourth-order valence-corrected chi connectivity index (χ4v) is 5.33. The molecule has 1 aliphatic heterocycles. The van der Waals surface area contributed by atoms with Crippen molar-refractivity contribution in [2.24, 2.45) is 0 Å². The number of fused-ring (bicyclic) bond motifs is 2. The SMILES string of the molecule is C=C/C=C(\C(C)=C/C)c1c2ccc(=[NH+]c3c(C)cccc3C)cc-2oc2cc(Nc3c(C)cccc3C)ccc12.CO. The zero-order valence-electron chi connectivity index (χ0n) is 25.7. The Hall–Kier alpha value is -4.67. The van der Waals surface area contributed by atoms with E-state index in [0.717, 1.165) is 63.0 Å². The fraction of sp³-hybridized carbons (Fsp3) is 0.184. The Kier molecular flexibility index (Phi) is 9.61. The lowest BCUT2D eigenvalue weighted by Gasteiger charge is -2.19. The van der Waals surface area contributed by atoms with Crippen LogP contribution >= 0.6 is 0 Å². The van der Waals surface area contributed by atoms with Crippen LogP contribution in [0.25, 0.3) is 27.9 Å². The van der Waals surface area contributed by atoms with Crippen LogP contribution < -0.4 is 15.7 Å². The monoisotopic (exact) mass is 557 g/mol. The Morgan fingerprint density at radius 2 is 1.50 bits per heavy atom. The molecule has 1 heterocycles. The highest BCUT2D eigenvalue weighted by Crippen LogP contribution is 2.40. The Morgan fingerprint density at radius 3 is 2.12 bits per heavy atom. The zero-order valence-corrected chi connectivity index (χ0v) is 25.7. The van der Waals surface area contributed by atoms with Gasteiger partial charge in [-0.05, 0) is 82.0 Å². The highest BCUT2D eigenvalue weighted by Gasteiger charge is 2.20. The van der Waals surface area contributed by atoms with E-state index in [0.29, 0.717) is 0 Å². The van der Waals surface area contributed by atoms with Crippen molar-refractivity contribution in [2.75, 3.05) is 12.4 Å². The molecule has 214 valence electrons. The van der Waals surface area contributed by atoms with Crippen LogP contribution in [0.1, 0.15) is 41.7 Å². The van der Waals surface area contributed by atoms with Crippen molar-refractivity contribution >= 4 is 33.6 Å². The Balaban J connectivity index is 0.00000198. The first-order chi connectivity index (χ1) is 20.3. The standard InChI is InChI=1S/C37H36N2O.CH4O/c1-8-12-30(23(3)9-2)35-31-19-17-28(38-36-24(4)13-10-14-25(36)5)21-33(31)40-34-22-29(18-20-32(34)35)39-37-26(6)15-11-16-27(37)7;1-2/h8-22,38H,1H2,2-7H3;2H,1H3/p+1/b23-9-,30-12+,39-29?;. The molecule has 0 amide bonds. The minimum atomic E-state index is 0.821. The Morgan fingerprint density at radius 1 is 0.857 bits per heavy atom. The third kappa shape index (κ3) is 6.14. The minimum Gasteiger partial charge on any atom is -0.456 e. The lowest BCUT2D eigenvalue weighted by Crippen LogP contribution is -2.71. The van der Waals surface area contributed by atoms with E-state index in [1.54, 1.807) is 0 Å². The van der Waals surface area contributed by atoms with Crippen molar-refractivity contribution in [2.45, 2.75) is 41.5 Å². The van der Waals surface area contributed by atoms with Crippen molar-refractivity contribution in [3.63, 3.8) is 0 Å². The van der Waals surface area contributed by atoms with E-state index in [2.05, 4.69) is 143 Å². The Labute approximate surface area is 249 Å². The maximum atomic E-state index is 7.00. The number of anilines is 2. The summed E-state index contributed by atoms with van der Waals surface area (Å²) in [6.07, 6.45) is 6.10. The maximum Gasteiger partial charge on any atom is 0.209 e. The quantitative estimate of drug-likeness (QED) is 0.147. The van der Waals surface area contributed by atoms with Gasteiger partial charge in [0.1, 0.15) is 11.3 Å². The molecule has 2 aliphatic rings. The molecule has 0 saturated heterocycles. The second-order valence-corrected chi connectivity index (χ2v) is 10.5. The van der Waals surface area contributed by atoms with Gasteiger partial charge in [0.2, 0.25) is 11.0 Å². The number of aliphatic hydroxyl groups excluding tert-OH is 1. The van der Waals surface area contributed by atoms with E-state index in [1.165, 1.54) is 27.8 Å². The van der Waals surface area contributed by atoms with Gasteiger partial charge in [-0.15, -0.1) is 0 Å². The van der Waals surface area contributed by atoms with Crippen LogP contribution in [0.3, 0.4) is 0 Å². The minimum absolute atomic E-state index is 0.821. The number of allylic oxidation sites excluding steroid dienone is 5. The van der Waals surface area contributed by atoms with Gasteiger partial charge >= 0.3 is 0 Å². The molecule has 4 heteroatoms. The van der Waals surface area contributed by atoms with Crippen LogP contribution in [0.2, 0.25) is 0 Å². The van der Waals surface area contributed by atoms with E-state index in [1.807, 2.05) is 6.08 Å². The fourth-order valence-electron chi connectivity index (χ4n) is 5.33. The van der Waals surface area contributed by atoms with Crippen molar-refractivity contribution in [1.29, 1.82) is 0 Å². The summed E-state index contributed by atoms with van der Waals surface area (Å²) in [5.41, 5.74) is 13.4. The number of rotatable bonds is 6. The molecule has 1 aliphatic carbocycles. The molecule has 4 nitrogen and oxygen atoms in total. The van der Waals surface area contributed by atoms with Crippen LogP contribution in [-0.2, 0) is 0 Å². The molecule has 42 heavy (non-hydrogen) atoms. The lowest BCUT2D eigenvalue weighted by atomic mass is 9.89. The summed E-state index contributed by atoms with van der Waals surface area (Å²) in [4.78, 5) is 3.63. The molecule has 0 aromatic heterocycles. The van der Waals surface area contributed by atoms with Crippen LogP contribution in [0.4, 0.5) is 17.1 Å². The molecule has 0 saturated carbocycles. The summed E-state index contributed by atoms with van der Waals surface area (Å²) in [6, 6.07) is 25.5. The molecule has 0 fully saturated rings. The molecule has 3 aromatic rings. The van der Waals surface area contributed by atoms with Gasteiger partial charge in [-0.3, -0.25) is 0 Å². The highest BCUT2D eigenvalue weighted by molar-refractivity contribution is 6.02. The van der Waals surface area contributed by atoms with Crippen LogP contribution in [0.15, 0.2) is 108 Å². The first-order valence-electron chi connectivity index (χ1n) is 14.2. The largest absolute Gasteiger partial charge is 0.456 e. The molecule has 0 unspecified atom stereocenters. The molecule has 0 atom stereocenters. The summed E-state index contributed by atoms with van der Waals surface area (Å²) < 4.78 is 6.65. The number of benzene rings is 4. The number of aryl methyl sites for hydroxylation is 4. The first-order valence-corrected chi connectivity index (χ1v) is 14.2. The van der Waals surface area contributed by atoms with Gasteiger partial charge in [0.15, 0.2) is 0 Å².